The Morgan fingerprint density at radius 3 is 1.14 bits per heavy atom. The van der Waals surface area contributed by atoms with Gasteiger partial charge in [0.05, 0.1) is 0 Å². The summed E-state index contributed by atoms with van der Waals surface area (Å²) in [7, 11) is 0. The second-order valence-corrected chi connectivity index (χ2v) is 0.801. The van der Waals surface area contributed by atoms with Crippen LogP contribution in [0, 0.1) is 0 Å². The lowest BCUT2D eigenvalue weighted by molar-refractivity contribution is -0.336. The largest absolute Gasteiger partial charge is 0.229 e. The van der Waals surface area contributed by atoms with Crippen molar-refractivity contribution in [3.05, 3.63) is 0 Å². The lowest BCUT2D eigenvalue weighted by Crippen LogP contribution is -2.49. The Balaban J connectivity index is 2.95. The highest BCUT2D eigenvalue weighted by Crippen LogP contribution is 1.62. The van der Waals surface area contributed by atoms with Gasteiger partial charge >= 0.3 is 0 Å². The third-order valence-corrected chi connectivity index (χ3v) is 0.189. The molecule has 0 aliphatic heterocycles. The Labute approximate surface area is 40.2 Å². The van der Waals surface area contributed by atoms with Crippen LogP contribution in [0.25, 0.3) is 0 Å². The van der Waals surface area contributed by atoms with Crippen LogP contribution in [-0.2, 0) is 4.94 Å². The molecule has 0 spiro atoms. The van der Waals surface area contributed by atoms with E-state index in [2.05, 4.69) is 28.3 Å². The van der Waals surface area contributed by atoms with E-state index in [1.165, 1.54) is 0 Å². The Morgan fingerprint density at radius 2 is 1.14 bits per heavy atom. The van der Waals surface area contributed by atoms with E-state index in [-0.39, 0.29) is 0 Å². The third kappa shape index (κ3) is 5.72. The van der Waals surface area contributed by atoms with Crippen molar-refractivity contribution in [2.75, 3.05) is 0 Å². The van der Waals surface area contributed by atoms with E-state index < -0.39 is 0 Å². The molecule has 0 aromatic rings. The van der Waals surface area contributed by atoms with Crippen LogP contribution >= 0.6 is 0 Å². The molecule has 0 aliphatic rings. The molecule has 7 heavy (non-hydrogen) atoms. The average Bonchev–Trinajstić information content (AvgIpc) is 1.27. The smallest absolute Gasteiger partial charge is 0.0348 e. The molecule has 0 aromatic carbocycles. The molecule has 0 fully saturated rings. The molecule has 8 N–H and O–H groups in total. The van der Waals surface area contributed by atoms with Crippen molar-refractivity contribution < 1.29 is 4.94 Å². The highest BCUT2D eigenvalue weighted by Gasteiger charge is 1.89. The van der Waals surface area contributed by atoms with E-state index in [4.69, 9.17) is 0 Å². The minimum absolute atomic E-state index is 0.375. The summed E-state index contributed by atoms with van der Waals surface area (Å²) in [6.45, 7) is 0. The zero-order valence-electron chi connectivity index (χ0n) is 3.61. The number of nitrogens with zero attached hydrogens (tertiary/aromatic N) is 2. The molecule has 44 valence electrons. The number of nitrogens with two attached hydrogens (primary N) is 4. The average molecular weight is 108 g/mol. The van der Waals surface area contributed by atoms with Crippen molar-refractivity contribution in [1.82, 2.24) is 10.6 Å². The minimum Gasteiger partial charge on any atom is -0.229 e. The molecule has 0 rings (SSSR count). The quantitative estimate of drug-likeness (QED) is 0.219. The number of hydrogen-bond donors (Lipinski definition) is 4. The highest BCUT2D eigenvalue weighted by molar-refractivity contribution is 3.84. The zero-order valence-corrected chi connectivity index (χ0v) is 3.61. The summed E-state index contributed by atoms with van der Waals surface area (Å²) in [6.07, 6.45) is 0. The topological polar surface area (TPSA) is 120 Å². The van der Waals surface area contributed by atoms with Crippen LogP contribution in [0.1, 0.15) is 0 Å². The van der Waals surface area contributed by atoms with E-state index in [9.17, 15) is 0 Å². The first-order valence-corrected chi connectivity index (χ1v) is 1.40. The predicted octanol–water partition coefficient (Wildman–Crippen LogP) is -3.07. The maximum atomic E-state index is 4.68. The molecular weight excluding hydrogens is 100 g/mol. The van der Waals surface area contributed by atoms with Crippen molar-refractivity contribution in [3.63, 3.8) is 0 Å². The first-order chi connectivity index (χ1) is 3.13. The second kappa shape index (κ2) is 2.82. The van der Waals surface area contributed by atoms with Crippen LogP contribution in [0.4, 0.5) is 0 Å². The van der Waals surface area contributed by atoms with Crippen molar-refractivity contribution >= 4 is 0 Å². The molecule has 7 nitrogen and oxygen atoms in total. The summed E-state index contributed by atoms with van der Waals surface area (Å²) >= 11 is 0. The molecule has 0 bridgehead atoms. The van der Waals surface area contributed by atoms with Crippen LogP contribution < -0.4 is 23.4 Å². The van der Waals surface area contributed by atoms with Gasteiger partial charge in [-0.1, -0.05) is 0 Å². The number of hydrogen-bond acceptors (Lipinski definition) is 7. The Bertz CT molecular complexity index is 33.4. The van der Waals surface area contributed by atoms with E-state index in [1.54, 1.807) is 0 Å². The van der Waals surface area contributed by atoms with Crippen LogP contribution in [0.5, 0.6) is 0 Å². The van der Waals surface area contributed by atoms with Crippen molar-refractivity contribution in [1.29, 1.82) is 0 Å². The molecule has 0 radical (unpaired) electrons. The summed E-state index contributed by atoms with van der Waals surface area (Å²) in [6, 6.07) is 0. The van der Waals surface area contributed by atoms with Gasteiger partial charge in [0.15, 0.2) is 0 Å². The summed E-state index contributed by atoms with van der Waals surface area (Å²) in [5, 5.41) is 0.750. The Hall–Kier alpha value is -0.280. The van der Waals surface area contributed by atoms with Gasteiger partial charge in [-0.05, 0) is 10.6 Å². The fraction of sp³-hybridized carbons (Fsp3) is 0. The molecule has 0 aliphatic carbocycles. The number of hydrazine groups is 4. The SMILES string of the molecule is NN(N)ON(N)N. The molecule has 0 saturated carbocycles. The van der Waals surface area contributed by atoms with Gasteiger partial charge in [-0.3, -0.25) is 0 Å². The zero-order chi connectivity index (χ0) is 5.86. The molecule has 7 heteroatoms. The number of rotatable bonds is 2. The van der Waals surface area contributed by atoms with Crippen molar-refractivity contribution in [2.24, 2.45) is 23.4 Å². The summed E-state index contributed by atoms with van der Waals surface area (Å²) < 4.78 is 0. The molecule has 0 unspecified atom stereocenters. The van der Waals surface area contributed by atoms with E-state index >= 15 is 0 Å². The predicted molar refractivity (Wildman–Crippen MR) is 21.5 cm³/mol. The highest BCUT2D eigenvalue weighted by atomic mass is 16.9. The lowest BCUT2D eigenvalue weighted by atomic mass is 12.3. The summed E-state index contributed by atoms with van der Waals surface area (Å²) in [5.74, 6) is 18.7. The van der Waals surface area contributed by atoms with Gasteiger partial charge in [-0.15, -0.1) is 4.94 Å². The lowest BCUT2D eigenvalue weighted by Gasteiger charge is -2.11. The summed E-state index contributed by atoms with van der Waals surface area (Å²) in [4.78, 5) is 4.03. The van der Waals surface area contributed by atoms with Gasteiger partial charge in [-0.25, -0.2) is 23.4 Å². The first kappa shape index (κ1) is 6.72. The van der Waals surface area contributed by atoms with Gasteiger partial charge < -0.3 is 0 Å². The van der Waals surface area contributed by atoms with Gasteiger partial charge in [0, 0.05) is 0 Å². The molecule has 0 aromatic heterocycles. The first-order valence-electron chi connectivity index (χ1n) is 1.40. The van der Waals surface area contributed by atoms with Gasteiger partial charge in [-0.2, -0.15) is 0 Å². The minimum atomic E-state index is 0.375. The second-order valence-electron chi connectivity index (χ2n) is 0.801. The summed E-state index contributed by atoms with van der Waals surface area (Å²) in [5.41, 5.74) is 0. The monoisotopic (exact) mass is 108 g/mol. The standard InChI is InChI=1S/H8N6O/c1-5(2)7-6(3)4/h1-4H2. The fourth-order valence-electron chi connectivity index (χ4n) is 0.109. The van der Waals surface area contributed by atoms with Crippen LogP contribution in [0.15, 0.2) is 0 Å². The van der Waals surface area contributed by atoms with Crippen LogP contribution in [-0.4, -0.2) is 10.6 Å². The Morgan fingerprint density at radius 1 is 0.857 bits per heavy atom. The van der Waals surface area contributed by atoms with E-state index in [1.807, 2.05) is 0 Å². The molecule has 0 saturated heterocycles. The van der Waals surface area contributed by atoms with Gasteiger partial charge in [0.25, 0.3) is 0 Å². The van der Waals surface area contributed by atoms with E-state index in [0.29, 0.717) is 10.6 Å². The van der Waals surface area contributed by atoms with Crippen LogP contribution in [0.3, 0.4) is 0 Å². The molecule has 0 atom stereocenters. The van der Waals surface area contributed by atoms with Crippen molar-refractivity contribution in [2.45, 2.75) is 0 Å². The van der Waals surface area contributed by atoms with Crippen molar-refractivity contribution in [3.8, 4) is 0 Å². The third-order valence-electron chi connectivity index (χ3n) is 0.189. The molecule has 0 heterocycles. The van der Waals surface area contributed by atoms with Gasteiger partial charge in [0.1, 0.15) is 0 Å². The molecular formula is H8N6O. The van der Waals surface area contributed by atoms with Gasteiger partial charge in [0.2, 0.25) is 0 Å². The van der Waals surface area contributed by atoms with Crippen LogP contribution in [0.2, 0.25) is 0 Å². The maximum absolute atomic E-state index is 4.68. The Kier molecular flexibility index (Phi) is 2.71. The molecule has 0 amide bonds. The van der Waals surface area contributed by atoms with E-state index in [0.717, 1.165) is 0 Å². The maximum Gasteiger partial charge on any atom is -0.0348 e. The fourth-order valence-corrected chi connectivity index (χ4v) is 0.109. The normalized spacial score (nSPS) is 11.1.